The number of carbonyl (C=O) groups is 1. The molecule has 1 amide bonds. The molecule has 1 saturated heterocycles. The Hall–Kier alpha value is -3.93. The van der Waals surface area contributed by atoms with Gasteiger partial charge in [0.2, 0.25) is 5.91 Å². The fourth-order valence-electron chi connectivity index (χ4n) is 7.18. The average Bonchev–Trinajstić information content (AvgIpc) is 3.35. The van der Waals surface area contributed by atoms with Gasteiger partial charge in [0.05, 0.1) is 25.4 Å². The number of ether oxygens (including phenoxy) is 2. The van der Waals surface area contributed by atoms with E-state index in [1.807, 2.05) is 6.08 Å². The van der Waals surface area contributed by atoms with E-state index < -0.39 is 49.5 Å². The van der Waals surface area contributed by atoms with Gasteiger partial charge in [-0.05, 0) is 116 Å². The van der Waals surface area contributed by atoms with Crippen LogP contribution >= 0.6 is 0 Å². The number of aliphatic hydroxyl groups excluding tert-OH is 5. The smallest absolute Gasteiger partial charge is 0.220 e. The van der Waals surface area contributed by atoms with Crippen LogP contribution < -0.4 is 5.32 Å². The van der Waals surface area contributed by atoms with Crippen molar-refractivity contribution in [2.24, 2.45) is 0 Å². The Bertz CT molecular complexity index is 1580. The van der Waals surface area contributed by atoms with Crippen molar-refractivity contribution in [2.45, 2.75) is 211 Å². The largest absolute Gasteiger partial charge is 0.394 e. The van der Waals surface area contributed by atoms with Gasteiger partial charge in [0.25, 0.3) is 0 Å². The molecular weight excluding hydrogens is 863 g/mol. The molecule has 1 heterocycles. The molecular formula is C60H95NO8. The molecule has 69 heavy (non-hydrogen) atoms. The van der Waals surface area contributed by atoms with Crippen LogP contribution in [-0.2, 0) is 14.3 Å². The Morgan fingerprint density at radius 3 is 1.39 bits per heavy atom. The third-order valence-electron chi connectivity index (χ3n) is 11.4. The van der Waals surface area contributed by atoms with Gasteiger partial charge in [-0.1, -0.05) is 192 Å². The zero-order valence-corrected chi connectivity index (χ0v) is 42.7. The average molecular weight is 958 g/mol. The third kappa shape index (κ3) is 37.6. The first-order valence-corrected chi connectivity index (χ1v) is 26.6. The normalized spacial score (nSPS) is 20.7. The van der Waals surface area contributed by atoms with Crippen molar-refractivity contribution >= 4 is 5.91 Å². The lowest BCUT2D eigenvalue weighted by Crippen LogP contribution is -2.60. The van der Waals surface area contributed by atoms with Crippen molar-refractivity contribution < 1.29 is 39.8 Å². The minimum Gasteiger partial charge on any atom is -0.394 e. The standard InChI is InChI=1S/C60H95NO8/c1-3-5-7-9-11-13-15-17-18-19-20-21-22-23-24-25-26-27-28-29-30-31-32-33-34-35-36-38-40-42-44-46-48-50-56(64)61-53(52-68-60-59(67)58(66)57(65)55(51-62)69-60)54(63)49-47-45-43-41-39-37-16-14-12-10-8-6-4-2/h5,7,11-14,17-18,20-21,23-24,26-27,29-30,32-33,35-36,39,41,47,49,53-55,57-60,62-63,65-67H,3-4,6,8-10,15-16,19,22,25,28,31,34,37-38,40,42-46,48,50-52H2,1-2H3,(H,61,64)/b7-5-,13-11-,14-12+,18-17-,21-20-,24-23-,27-26-,30-29-,33-32-,36-35-,41-39+,49-47+. The van der Waals surface area contributed by atoms with Gasteiger partial charge in [0.15, 0.2) is 6.29 Å². The summed E-state index contributed by atoms with van der Waals surface area (Å²) in [5, 5.41) is 54.2. The molecule has 0 aliphatic carbocycles. The SMILES string of the molecule is CC/C=C\C/C=C\C/C=C\C/C=C\C/C=C\C/C=C\C/C=C\C/C=C\C/C=C\CCCCCCCC(=O)NC(COC1OC(CO)C(O)C(O)C1O)C(O)/C=C/CC/C=C/CC/C=C/CCCCC. The maximum Gasteiger partial charge on any atom is 0.220 e. The van der Waals surface area contributed by atoms with E-state index in [0.717, 1.165) is 122 Å². The Morgan fingerprint density at radius 1 is 0.507 bits per heavy atom. The number of aliphatic hydroxyl groups is 5. The van der Waals surface area contributed by atoms with Gasteiger partial charge >= 0.3 is 0 Å². The summed E-state index contributed by atoms with van der Waals surface area (Å²) in [6.45, 7) is 3.56. The fraction of sp³-hybridized carbons (Fsp3) is 0.583. The highest BCUT2D eigenvalue weighted by atomic mass is 16.7. The van der Waals surface area contributed by atoms with Crippen molar-refractivity contribution in [3.8, 4) is 0 Å². The van der Waals surface area contributed by atoms with Crippen LogP contribution in [0, 0.1) is 0 Å². The van der Waals surface area contributed by atoms with Crippen LogP contribution in [0.4, 0.5) is 0 Å². The van der Waals surface area contributed by atoms with Crippen LogP contribution in [0.15, 0.2) is 146 Å². The van der Waals surface area contributed by atoms with Crippen molar-refractivity contribution in [1.29, 1.82) is 0 Å². The predicted molar refractivity (Wildman–Crippen MR) is 289 cm³/mol. The molecule has 1 rings (SSSR count). The Kier molecular flexibility index (Phi) is 43.6. The lowest BCUT2D eigenvalue weighted by Gasteiger charge is -2.40. The number of carbonyl (C=O) groups excluding carboxylic acids is 1. The first kappa shape index (κ1) is 63.1. The van der Waals surface area contributed by atoms with E-state index in [4.69, 9.17) is 9.47 Å². The highest BCUT2D eigenvalue weighted by Crippen LogP contribution is 2.22. The number of rotatable bonds is 42. The van der Waals surface area contributed by atoms with Crippen LogP contribution in [0.25, 0.3) is 0 Å². The number of nitrogens with one attached hydrogen (secondary N) is 1. The predicted octanol–water partition coefficient (Wildman–Crippen LogP) is 12.7. The summed E-state index contributed by atoms with van der Waals surface area (Å²) in [6, 6.07) is -0.849. The third-order valence-corrected chi connectivity index (χ3v) is 11.4. The zero-order valence-electron chi connectivity index (χ0n) is 42.7. The van der Waals surface area contributed by atoms with E-state index in [0.29, 0.717) is 12.8 Å². The van der Waals surface area contributed by atoms with Crippen molar-refractivity contribution in [3.63, 3.8) is 0 Å². The zero-order chi connectivity index (χ0) is 50.1. The number of allylic oxidation sites excluding steroid dienone is 23. The molecule has 7 unspecified atom stereocenters. The van der Waals surface area contributed by atoms with Crippen molar-refractivity contribution in [2.75, 3.05) is 13.2 Å². The first-order valence-electron chi connectivity index (χ1n) is 26.6. The lowest BCUT2D eigenvalue weighted by molar-refractivity contribution is -0.302. The van der Waals surface area contributed by atoms with Gasteiger partial charge in [0, 0.05) is 6.42 Å². The maximum absolute atomic E-state index is 13.0. The number of hydrogen-bond donors (Lipinski definition) is 6. The second kappa shape index (κ2) is 47.7. The quantitative estimate of drug-likeness (QED) is 0.0262. The molecule has 9 nitrogen and oxygen atoms in total. The molecule has 9 heteroatoms. The molecule has 0 aromatic heterocycles. The molecule has 0 saturated carbocycles. The number of hydrogen-bond acceptors (Lipinski definition) is 8. The second-order valence-electron chi connectivity index (χ2n) is 17.6. The van der Waals surface area contributed by atoms with Gasteiger partial charge in [-0.15, -0.1) is 0 Å². The molecule has 1 fully saturated rings. The van der Waals surface area contributed by atoms with Gasteiger partial charge in [0.1, 0.15) is 24.4 Å². The monoisotopic (exact) mass is 958 g/mol. The van der Waals surface area contributed by atoms with E-state index in [1.165, 1.54) is 19.3 Å². The molecule has 7 atom stereocenters. The summed E-state index contributed by atoms with van der Waals surface area (Å²) in [5.41, 5.74) is 0. The van der Waals surface area contributed by atoms with Crippen LogP contribution in [0.2, 0.25) is 0 Å². The molecule has 0 bridgehead atoms. The summed E-state index contributed by atoms with van der Waals surface area (Å²) in [6.07, 6.45) is 67.6. The topological polar surface area (TPSA) is 149 Å². The summed E-state index contributed by atoms with van der Waals surface area (Å²) >= 11 is 0. The van der Waals surface area contributed by atoms with E-state index >= 15 is 0 Å². The molecule has 388 valence electrons. The van der Waals surface area contributed by atoms with Gasteiger partial charge in [-0.25, -0.2) is 0 Å². The summed E-state index contributed by atoms with van der Waals surface area (Å²) in [5.74, 6) is -0.219. The minimum absolute atomic E-state index is 0.219. The molecule has 1 aliphatic heterocycles. The Morgan fingerprint density at radius 2 is 0.913 bits per heavy atom. The van der Waals surface area contributed by atoms with Crippen molar-refractivity contribution in [3.05, 3.63) is 146 Å². The molecule has 6 N–H and O–H groups in total. The van der Waals surface area contributed by atoms with Gasteiger partial charge < -0.3 is 40.3 Å². The first-order chi connectivity index (χ1) is 33.8. The van der Waals surface area contributed by atoms with Crippen LogP contribution in [0.5, 0.6) is 0 Å². The molecule has 0 aromatic rings. The van der Waals surface area contributed by atoms with E-state index in [1.54, 1.807) is 6.08 Å². The van der Waals surface area contributed by atoms with Crippen LogP contribution in [0.3, 0.4) is 0 Å². The molecule has 0 spiro atoms. The van der Waals surface area contributed by atoms with E-state index in [9.17, 15) is 30.3 Å². The van der Waals surface area contributed by atoms with Crippen LogP contribution in [-0.4, -0.2) is 87.5 Å². The molecule has 0 aromatic carbocycles. The van der Waals surface area contributed by atoms with E-state index in [2.05, 4.69) is 153 Å². The summed E-state index contributed by atoms with van der Waals surface area (Å²) in [4.78, 5) is 13.0. The van der Waals surface area contributed by atoms with Gasteiger partial charge in [-0.3, -0.25) is 4.79 Å². The lowest BCUT2D eigenvalue weighted by atomic mass is 9.99. The fourth-order valence-corrected chi connectivity index (χ4v) is 7.18. The van der Waals surface area contributed by atoms with Crippen molar-refractivity contribution in [1.82, 2.24) is 5.32 Å². The highest BCUT2D eigenvalue weighted by molar-refractivity contribution is 5.76. The molecule has 0 radical (unpaired) electrons. The summed E-state index contributed by atoms with van der Waals surface area (Å²) < 4.78 is 11.2. The number of unbranched alkanes of at least 4 members (excludes halogenated alkanes) is 10. The highest BCUT2D eigenvalue weighted by Gasteiger charge is 2.44. The summed E-state index contributed by atoms with van der Waals surface area (Å²) in [7, 11) is 0. The number of amides is 1. The Labute approximate surface area is 419 Å². The van der Waals surface area contributed by atoms with E-state index in [-0.39, 0.29) is 12.5 Å². The molecule has 1 aliphatic rings. The van der Waals surface area contributed by atoms with Crippen LogP contribution in [0.1, 0.15) is 168 Å². The van der Waals surface area contributed by atoms with Gasteiger partial charge in [-0.2, -0.15) is 0 Å². The second-order valence-corrected chi connectivity index (χ2v) is 17.6. The maximum atomic E-state index is 13.0. The minimum atomic E-state index is -1.59. The Balaban J connectivity index is 2.27.